The van der Waals surface area contributed by atoms with Gasteiger partial charge in [-0.1, -0.05) is 0 Å². The van der Waals surface area contributed by atoms with Gasteiger partial charge in [-0.25, -0.2) is 0 Å². The first-order chi connectivity index (χ1) is 8.61. The Labute approximate surface area is 114 Å². The van der Waals surface area contributed by atoms with Gasteiger partial charge in [0.05, 0.1) is 17.3 Å². The van der Waals surface area contributed by atoms with E-state index >= 15 is 0 Å². The number of hydrogen-bond acceptors (Lipinski definition) is 3. The minimum Gasteiger partial charge on any atom is -0.377 e. The Kier molecular flexibility index (Phi) is 3.68. The monoisotopic (exact) mass is 304 g/mol. The Morgan fingerprint density at radius 3 is 2.78 bits per heavy atom. The molecule has 1 aromatic carbocycles. The number of anilines is 1. The molecule has 2 rings (SSSR count). The fraction of sp³-hybridized carbons (Fsp3) is 0.231. The summed E-state index contributed by atoms with van der Waals surface area (Å²) >= 11 is 3.38. The maximum Gasteiger partial charge on any atom is 0.100 e. The highest BCUT2D eigenvalue weighted by molar-refractivity contribution is 9.10. The van der Waals surface area contributed by atoms with Crippen molar-refractivity contribution in [1.82, 2.24) is 9.78 Å². The minimum absolute atomic E-state index is 0.150. The molecule has 4 nitrogen and oxygen atoms in total. The van der Waals surface area contributed by atoms with Crippen LogP contribution in [0.25, 0.3) is 0 Å². The zero-order chi connectivity index (χ0) is 13.1. The van der Waals surface area contributed by atoms with Crippen molar-refractivity contribution in [2.45, 2.75) is 13.0 Å². The van der Waals surface area contributed by atoms with Gasteiger partial charge in [0.1, 0.15) is 6.07 Å². The van der Waals surface area contributed by atoms with Crippen LogP contribution in [0.5, 0.6) is 0 Å². The zero-order valence-electron chi connectivity index (χ0n) is 10.2. The number of aromatic nitrogens is 2. The van der Waals surface area contributed by atoms with Gasteiger partial charge < -0.3 is 5.32 Å². The number of benzene rings is 1. The van der Waals surface area contributed by atoms with Gasteiger partial charge in [0.15, 0.2) is 0 Å². The number of aryl methyl sites for hydroxylation is 1. The number of rotatable bonds is 3. The van der Waals surface area contributed by atoms with Gasteiger partial charge in [-0.15, -0.1) is 0 Å². The van der Waals surface area contributed by atoms with Crippen molar-refractivity contribution in [2.24, 2.45) is 7.05 Å². The van der Waals surface area contributed by atoms with Crippen molar-refractivity contribution in [2.75, 3.05) is 5.32 Å². The Bertz CT molecular complexity index is 597. The van der Waals surface area contributed by atoms with Crippen molar-refractivity contribution < 1.29 is 0 Å². The van der Waals surface area contributed by atoms with Gasteiger partial charge in [0.25, 0.3) is 0 Å². The standard InChI is InChI=1S/C13H13BrN4/c1-9(13-5-6-16-18(13)2)17-11-4-3-10(8-15)12(14)7-11/h3-7,9,17H,1-2H3. The van der Waals surface area contributed by atoms with E-state index in [-0.39, 0.29) is 6.04 Å². The molecule has 5 heteroatoms. The SMILES string of the molecule is CC(Nc1ccc(C#N)c(Br)c1)c1ccnn1C. The minimum atomic E-state index is 0.150. The summed E-state index contributed by atoms with van der Waals surface area (Å²) in [6, 6.07) is 9.86. The second kappa shape index (κ2) is 5.23. The lowest BCUT2D eigenvalue weighted by molar-refractivity contribution is 0.676. The predicted molar refractivity (Wildman–Crippen MR) is 74.1 cm³/mol. The number of nitriles is 1. The van der Waals surface area contributed by atoms with Gasteiger partial charge in [-0.2, -0.15) is 10.4 Å². The summed E-state index contributed by atoms with van der Waals surface area (Å²) in [6.45, 7) is 2.07. The van der Waals surface area contributed by atoms with E-state index in [4.69, 9.17) is 5.26 Å². The third-order valence-electron chi connectivity index (χ3n) is 2.78. The highest BCUT2D eigenvalue weighted by atomic mass is 79.9. The van der Waals surface area contributed by atoms with Crippen molar-refractivity contribution in [3.8, 4) is 6.07 Å². The molecule has 0 fully saturated rings. The number of nitrogens with zero attached hydrogens (tertiary/aromatic N) is 3. The van der Waals surface area contributed by atoms with Gasteiger partial charge in [-0.3, -0.25) is 4.68 Å². The topological polar surface area (TPSA) is 53.6 Å². The molecule has 1 heterocycles. The molecule has 0 saturated carbocycles. The van der Waals surface area contributed by atoms with E-state index in [0.29, 0.717) is 5.56 Å². The lowest BCUT2D eigenvalue weighted by Gasteiger charge is -2.16. The van der Waals surface area contributed by atoms with Crippen LogP contribution in [0.1, 0.15) is 24.2 Å². The quantitative estimate of drug-likeness (QED) is 0.947. The summed E-state index contributed by atoms with van der Waals surface area (Å²) in [6.07, 6.45) is 1.78. The summed E-state index contributed by atoms with van der Waals surface area (Å²) in [7, 11) is 1.92. The van der Waals surface area contributed by atoms with Crippen LogP contribution in [-0.4, -0.2) is 9.78 Å². The van der Waals surface area contributed by atoms with E-state index in [1.807, 2.05) is 29.9 Å². The van der Waals surface area contributed by atoms with Crippen LogP contribution in [0.15, 0.2) is 34.9 Å². The molecule has 0 aliphatic rings. The lowest BCUT2D eigenvalue weighted by Crippen LogP contribution is -2.11. The first kappa shape index (κ1) is 12.7. The van der Waals surface area contributed by atoms with E-state index in [1.54, 1.807) is 12.3 Å². The summed E-state index contributed by atoms with van der Waals surface area (Å²) in [5.74, 6) is 0. The summed E-state index contributed by atoms with van der Waals surface area (Å²) in [4.78, 5) is 0. The molecule has 2 aromatic rings. The summed E-state index contributed by atoms with van der Waals surface area (Å²) in [5.41, 5.74) is 2.71. The molecule has 1 atom stereocenters. The van der Waals surface area contributed by atoms with Gasteiger partial charge in [0.2, 0.25) is 0 Å². The van der Waals surface area contributed by atoms with Gasteiger partial charge >= 0.3 is 0 Å². The molecule has 0 aliphatic heterocycles. The van der Waals surface area contributed by atoms with E-state index < -0.39 is 0 Å². The van der Waals surface area contributed by atoms with Crippen molar-refractivity contribution in [3.05, 3.63) is 46.2 Å². The number of hydrogen-bond donors (Lipinski definition) is 1. The van der Waals surface area contributed by atoms with E-state index in [2.05, 4.69) is 39.3 Å². The number of nitrogens with one attached hydrogen (secondary N) is 1. The van der Waals surface area contributed by atoms with Crippen LogP contribution in [-0.2, 0) is 7.05 Å². The van der Waals surface area contributed by atoms with Crippen LogP contribution in [0.2, 0.25) is 0 Å². The highest BCUT2D eigenvalue weighted by Crippen LogP contribution is 2.24. The fourth-order valence-electron chi connectivity index (χ4n) is 1.83. The van der Waals surface area contributed by atoms with Crippen LogP contribution in [0.4, 0.5) is 5.69 Å². The third kappa shape index (κ3) is 2.54. The molecule has 1 N–H and O–H groups in total. The Morgan fingerprint density at radius 2 is 2.22 bits per heavy atom. The van der Waals surface area contributed by atoms with Crippen LogP contribution in [0, 0.1) is 11.3 Å². The Hall–Kier alpha value is -1.80. The second-order valence-electron chi connectivity index (χ2n) is 4.05. The average Bonchev–Trinajstić information content (AvgIpc) is 2.76. The zero-order valence-corrected chi connectivity index (χ0v) is 11.8. The molecular weight excluding hydrogens is 292 g/mol. The first-order valence-electron chi connectivity index (χ1n) is 5.56. The molecule has 0 spiro atoms. The maximum atomic E-state index is 8.87. The van der Waals surface area contributed by atoms with Crippen LogP contribution < -0.4 is 5.32 Å². The van der Waals surface area contributed by atoms with Gasteiger partial charge in [-0.05, 0) is 47.1 Å². The Balaban J connectivity index is 2.18. The van der Waals surface area contributed by atoms with E-state index in [9.17, 15) is 0 Å². The molecular formula is C13H13BrN4. The highest BCUT2D eigenvalue weighted by Gasteiger charge is 2.09. The molecule has 0 saturated heterocycles. The smallest absolute Gasteiger partial charge is 0.100 e. The Morgan fingerprint density at radius 1 is 1.44 bits per heavy atom. The van der Waals surface area contributed by atoms with Crippen molar-refractivity contribution >= 4 is 21.6 Å². The van der Waals surface area contributed by atoms with Crippen LogP contribution in [0.3, 0.4) is 0 Å². The fourth-order valence-corrected chi connectivity index (χ4v) is 2.30. The van der Waals surface area contributed by atoms with Crippen molar-refractivity contribution in [3.63, 3.8) is 0 Å². The second-order valence-corrected chi connectivity index (χ2v) is 4.91. The summed E-state index contributed by atoms with van der Waals surface area (Å²) < 4.78 is 2.64. The largest absolute Gasteiger partial charge is 0.377 e. The maximum absolute atomic E-state index is 8.87. The molecule has 18 heavy (non-hydrogen) atoms. The molecule has 0 amide bonds. The average molecular weight is 305 g/mol. The van der Waals surface area contributed by atoms with E-state index in [1.165, 1.54) is 0 Å². The summed E-state index contributed by atoms with van der Waals surface area (Å²) in [5, 5.41) is 16.4. The van der Waals surface area contributed by atoms with Crippen molar-refractivity contribution in [1.29, 1.82) is 5.26 Å². The molecule has 1 aromatic heterocycles. The third-order valence-corrected chi connectivity index (χ3v) is 3.43. The van der Waals surface area contributed by atoms with E-state index in [0.717, 1.165) is 15.9 Å². The van der Waals surface area contributed by atoms with Gasteiger partial charge in [0, 0.05) is 23.4 Å². The molecule has 92 valence electrons. The number of halogens is 1. The van der Waals surface area contributed by atoms with Crippen LogP contribution >= 0.6 is 15.9 Å². The lowest BCUT2D eigenvalue weighted by atomic mass is 10.2. The predicted octanol–water partition coefficient (Wildman–Crippen LogP) is 3.23. The molecule has 0 bridgehead atoms. The molecule has 0 radical (unpaired) electrons. The molecule has 1 unspecified atom stereocenters. The first-order valence-corrected chi connectivity index (χ1v) is 6.35. The molecule has 0 aliphatic carbocycles. The normalized spacial score (nSPS) is 11.9.